The van der Waals surface area contributed by atoms with Crippen LogP contribution in [0.25, 0.3) is 9.40 Å². The van der Waals surface area contributed by atoms with Crippen molar-refractivity contribution in [1.82, 2.24) is 0 Å². The Hall–Kier alpha value is -1.89. The van der Waals surface area contributed by atoms with Gasteiger partial charge in [-0.15, -0.1) is 22.7 Å². The van der Waals surface area contributed by atoms with Crippen molar-refractivity contribution in [3.8, 4) is 5.75 Å². The Morgan fingerprint density at radius 1 is 1.24 bits per heavy atom. The number of fused-ring (bicyclic) bond motifs is 1. The van der Waals surface area contributed by atoms with Crippen LogP contribution in [-0.2, 0) is 0 Å². The molecule has 3 N–H and O–H groups in total. The second-order valence-corrected chi connectivity index (χ2v) is 6.41. The molecule has 0 aliphatic carbocycles. The Morgan fingerprint density at radius 3 is 2.95 bits per heavy atom. The van der Waals surface area contributed by atoms with Gasteiger partial charge in [-0.1, -0.05) is 6.07 Å². The van der Waals surface area contributed by atoms with Gasteiger partial charge in [0.25, 0.3) is 5.91 Å². The first-order valence-corrected chi connectivity index (χ1v) is 8.17. The molecule has 3 aromatic rings. The summed E-state index contributed by atoms with van der Waals surface area (Å²) in [4.78, 5) is 13.0. The van der Waals surface area contributed by atoms with E-state index in [1.807, 2.05) is 35.7 Å². The molecule has 2 aromatic heterocycles. The predicted molar refractivity (Wildman–Crippen MR) is 88.6 cm³/mol. The smallest absolute Gasteiger partial charge is 0.265 e. The Kier molecular flexibility index (Phi) is 4.19. The molecule has 2 heterocycles. The van der Waals surface area contributed by atoms with Crippen LogP contribution < -0.4 is 15.8 Å². The number of benzene rings is 1. The zero-order chi connectivity index (χ0) is 14.7. The Labute approximate surface area is 130 Å². The average Bonchev–Trinajstić information content (AvgIpc) is 3.06. The maximum Gasteiger partial charge on any atom is 0.265 e. The molecule has 0 spiro atoms. The van der Waals surface area contributed by atoms with Gasteiger partial charge in [0.15, 0.2) is 0 Å². The minimum atomic E-state index is -0.0978. The van der Waals surface area contributed by atoms with Crippen molar-refractivity contribution in [3.05, 3.63) is 46.7 Å². The number of anilines is 1. The SMILES string of the molecule is NCCOc1cccc(NC(=O)c2cc3sccc3s2)c1. The summed E-state index contributed by atoms with van der Waals surface area (Å²) in [7, 11) is 0. The molecule has 108 valence electrons. The standard InChI is InChI=1S/C15H14N2O2S2/c16-5-6-19-11-3-1-2-10(8-11)17-15(18)14-9-13-12(21-14)4-7-20-13/h1-4,7-9H,5-6,16H2,(H,17,18). The Balaban J connectivity index is 1.73. The normalized spacial score (nSPS) is 10.7. The van der Waals surface area contributed by atoms with Crippen molar-refractivity contribution >= 4 is 43.7 Å². The van der Waals surface area contributed by atoms with E-state index < -0.39 is 0 Å². The summed E-state index contributed by atoms with van der Waals surface area (Å²) >= 11 is 3.14. The third-order valence-electron chi connectivity index (χ3n) is 2.84. The number of rotatable bonds is 5. The molecular formula is C15H14N2O2S2. The van der Waals surface area contributed by atoms with E-state index in [0.717, 1.165) is 9.40 Å². The number of carbonyl (C=O) groups is 1. The second-order valence-electron chi connectivity index (χ2n) is 4.38. The van der Waals surface area contributed by atoms with E-state index in [-0.39, 0.29) is 5.91 Å². The van der Waals surface area contributed by atoms with Crippen LogP contribution in [0.4, 0.5) is 5.69 Å². The van der Waals surface area contributed by atoms with Crippen LogP contribution in [0.3, 0.4) is 0 Å². The van der Waals surface area contributed by atoms with Gasteiger partial charge in [0.2, 0.25) is 0 Å². The van der Waals surface area contributed by atoms with Gasteiger partial charge in [-0.3, -0.25) is 4.79 Å². The zero-order valence-electron chi connectivity index (χ0n) is 11.2. The van der Waals surface area contributed by atoms with Crippen LogP contribution in [0, 0.1) is 0 Å². The number of thiophene rings is 2. The van der Waals surface area contributed by atoms with Gasteiger partial charge < -0.3 is 15.8 Å². The van der Waals surface area contributed by atoms with E-state index in [9.17, 15) is 4.79 Å². The summed E-state index contributed by atoms with van der Waals surface area (Å²) in [6.45, 7) is 0.918. The molecule has 3 rings (SSSR count). The lowest BCUT2D eigenvalue weighted by Crippen LogP contribution is -2.12. The van der Waals surface area contributed by atoms with E-state index in [2.05, 4.69) is 5.32 Å². The second kappa shape index (κ2) is 6.26. The first-order chi connectivity index (χ1) is 10.3. The summed E-state index contributed by atoms with van der Waals surface area (Å²) in [5.74, 6) is 0.602. The van der Waals surface area contributed by atoms with Gasteiger partial charge in [0.1, 0.15) is 12.4 Å². The molecule has 0 unspecified atom stereocenters. The molecule has 0 saturated carbocycles. The Bertz CT molecular complexity index is 735. The van der Waals surface area contributed by atoms with Crippen LogP contribution in [0.5, 0.6) is 5.75 Å². The third-order valence-corrected chi connectivity index (χ3v) is 4.93. The molecule has 0 bridgehead atoms. The molecule has 0 fully saturated rings. The van der Waals surface area contributed by atoms with E-state index in [4.69, 9.17) is 10.5 Å². The van der Waals surface area contributed by atoms with Crippen LogP contribution >= 0.6 is 22.7 Å². The highest BCUT2D eigenvalue weighted by Crippen LogP contribution is 2.30. The van der Waals surface area contributed by atoms with Crippen molar-refractivity contribution in [2.24, 2.45) is 5.73 Å². The molecule has 1 amide bonds. The summed E-state index contributed by atoms with van der Waals surface area (Å²) in [5.41, 5.74) is 6.12. The zero-order valence-corrected chi connectivity index (χ0v) is 12.8. The van der Waals surface area contributed by atoms with Gasteiger partial charge in [-0.2, -0.15) is 0 Å². The van der Waals surface area contributed by atoms with Gasteiger partial charge in [0, 0.05) is 27.7 Å². The van der Waals surface area contributed by atoms with Crippen molar-refractivity contribution in [2.75, 3.05) is 18.5 Å². The fraction of sp³-hybridized carbons (Fsp3) is 0.133. The fourth-order valence-electron chi connectivity index (χ4n) is 1.91. The van der Waals surface area contributed by atoms with E-state index in [1.165, 1.54) is 11.3 Å². The topological polar surface area (TPSA) is 64.3 Å². The number of nitrogens with two attached hydrogens (primary N) is 1. The first kappa shape index (κ1) is 14.1. The highest BCUT2D eigenvalue weighted by molar-refractivity contribution is 7.27. The molecule has 1 aromatic carbocycles. The fourth-order valence-corrected chi connectivity index (χ4v) is 3.91. The molecule has 0 saturated heterocycles. The quantitative estimate of drug-likeness (QED) is 0.756. The van der Waals surface area contributed by atoms with Crippen molar-refractivity contribution in [2.45, 2.75) is 0 Å². The number of hydrogen-bond acceptors (Lipinski definition) is 5. The molecule has 4 nitrogen and oxygen atoms in total. The summed E-state index contributed by atoms with van der Waals surface area (Å²) in [5, 5.41) is 4.92. The highest BCUT2D eigenvalue weighted by atomic mass is 32.1. The lowest BCUT2D eigenvalue weighted by molar-refractivity contribution is 0.103. The summed E-state index contributed by atoms with van der Waals surface area (Å²) < 4.78 is 7.73. The van der Waals surface area contributed by atoms with Crippen LogP contribution in [-0.4, -0.2) is 19.1 Å². The van der Waals surface area contributed by atoms with Crippen molar-refractivity contribution in [3.63, 3.8) is 0 Å². The molecule has 21 heavy (non-hydrogen) atoms. The lowest BCUT2D eigenvalue weighted by Gasteiger charge is -2.07. The van der Waals surface area contributed by atoms with Crippen LogP contribution in [0.1, 0.15) is 9.67 Å². The highest BCUT2D eigenvalue weighted by Gasteiger charge is 2.11. The van der Waals surface area contributed by atoms with Gasteiger partial charge in [-0.25, -0.2) is 0 Å². The molecule has 0 atom stereocenters. The summed E-state index contributed by atoms with van der Waals surface area (Å²) in [6.07, 6.45) is 0. The van der Waals surface area contributed by atoms with Crippen LogP contribution in [0.15, 0.2) is 41.8 Å². The van der Waals surface area contributed by atoms with Gasteiger partial charge >= 0.3 is 0 Å². The monoisotopic (exact) mass is 318 g/mol. The molecule has 6 heteroatoms. The Morgan fingerprint density at radius 2 is 2.14 bits per heavy atom. The number of amides is 1. The number of ether oxygens (including phenoxy) is 1. The molecule has 0 aliphatic heterocycles. The van der Waals surface area contributed by atoms with Crippen molar-refractivity contribution in [1.29, 1.82) is 0 Å². The number of hydrogen-bond donors (Lipinski definition) is 2. The molecular weight excluding hydrogens is 304 g/mol. The number of nitrogens with one attached hydrogen (secondary N) is 1. The van der Waals surface area contributed by atoms with E-state index in [1.54, 1.807) is 17.4 Å². The minimum absolute atomic E-state index is 0.0978. The van der Waals surface area contributed by atoms with Crippen molar-refractivity contribution < 1.29 is 9.53 Å². The maximum absolute atomic E-state index is 12.3. The average molecular weight is 318 g/mol. The largest absolute Gasteiger partial charge is 0.492 e. The molecule has 0 aliphatic rings. The third kappa shape index (κ3) is 3.24. The number of carbonyl (C=O) groups excluding carboxylic acids is 1. The van der Waals surface area contributed by atoms with E-state index >= 15 is 0 Å². The maximum atomic E-state index is 12.3. The minimum Gasteiger partial charge on any atom is -0.492 e. The first-order valence-electron chi connectivity index (χ1n) is 6.47. The van der Waals surface area contributed by atoms with Crippen LogP contribution in [0.2, 0.25) is 0 Å². The predicted octanol–water partition coefficient (Wildman–Crippen LogP) is 3.55. The van der Waals surface area contributed by atoms with E-state index in [0.29, 0.717) is 29.5 Å². The molecule has 0 radical (unpaired) electrons. The van der Waals surface area contributed by atoms with Gasteiger partial charge in [0.05, 0.1) is 4.88 Å². The van der Waals surface area contributed by atoms with Gasteiger partial charge in [-0.05, 0) is 29.6 Å². The summed E-state index contributed by atoms with van der Waals surface area (Å²) in [6, 6.07) is 11.3. The lowest BCUT2D eigenvalue weighted by atomic mass is 10.3.